The average Bonchev–Trinajstić information content (AvgIpc) is 2.28. The first-order valence-corrected chi connectivity index (χ1v) is 6.06. The van der Waals surface area contributed by atoms with E-state index in [0.29, 0.717) is 6.10 Å². The number of rotatable bonds is 1. The second kappa shape index (κ2) is 3.49. The fourth-order valence-electron chi connectivity index (χ4n) is 3.12. The molecule has 2 aliphatic heterocycles. The first kappa shape index (κ1) is 10.2. The van der Waals surface area contributed by atoms with Gasteiger partial charge in [-0.15, -0.1) is 0 Å². The molecule has 0 aliphatic carbocycles. The van der Waals surface area contributed by atoms with Gasteiger partial charge in [0.15, 0.2) is 0 Å². The lowest BCUT2D eigenvalue weighted by molar-refractivity contribution is -0.133. The molecule has 0 saturated carbocycles. The predicted octanol–water partition coefficient (Wildman–Crippen LogP) is 3.04. The normalized spacial score (nSPS) is 32.0. The maximum Gasteiger partial charge on any atom is 0.119 e. The van der Waals surface area contributed by atoms with Crippen molar-refractivity contribution in [2.45, 2.75) is 44.3 Å². The lowest BCUT2D eigenvalue weighted by atomic mass is 9.78. The summed E-state index contributed by atoms with van der Waals surface area (Å²) < 4.78 is 11.5. The van der Waals surface area contributed by atoms with Crippen LogP contribution in [0.5, 0.6) is 5.75 Å². The van der Waals surface area contributed by atoms with E-state index in [-0.39, 0.29) is 5.60 Å². The van der Waals surface area contributed by atoms with Crippen LogP contribution in [-0.2, 0) is 16.8 Å². The van der Waals surface area contributed by atoms with Gasteiger partial charge < -0.3 is 9.47 Å². The highest BCUT2D eigenvalue weighted by molar-refractivity contribution is 5.41. The Balaban J connectivity index is 2.08. The van der Waals surface area contributed by atoms with Crippen LogP contribution in [0.3, 0.4) is 0 Å². The van der Waals surface area contributed by atoms with E-state index < -0.39 is 0 Å². The van der Waals surface area contributed by atoms with Crippen LogP contribution in [0.1, 0.15) is 37.3 Å². The highest BCUT2D eigenvalue weighted by Gasteiger charge is 2.40. The van der Waals surface area contributed by atoms with E-state index in [9.17, 15) is 0 Å². The molecular weight excluding hydrogens is 200 g/mol. The van der Waals surface area contributed by atoms with Gasteiger partial charge in [-0.25, -0.2) is 0 Å². The van der Waals surface area contributed by atoms with Crippen molar-refractivity contribution in [2.24, 2.45) is 0 Å². The Labute approximate surface area is 96.6 Å². The van der Waals surface area contributed by atoms with Gasteiger partial charge >= 0.3 is 0 Å². The van der Waals surface area contributed by atoms with Crippen LogP contribution in [-0.4, -0.2) is 13.2 Å². The fourth-order valence-corrected chi connectivity index (χ4v) is 3.12. The minimum absolute atomic E-state index is 0.0528. The Kier molecular flexibility index (Phi) is 2.21. The Hall–Kier alpha value is -1.02. The minimum Gasteiger partial charge on any atom is -0.497 e. The number of hydrogen-bond acceptors (Lipinski definition) is 2. The van der Waals surface area contributed by atoms with E-state index in [4.69, 9.17) is 9.47 Å². The smallest absolute Gasteiger partial charge is 0.119 e. The number of ether oxygens (including phenoxy) is 2. The van der Waals surface area contributed by atoms with Crippen LogP contribution in [0.15, 0.2) is 18.2 Å². The highest BCUT2D eigenvalue weighted by atomic mass is 16.5. The molecule has 0 amide bonds. The number of methoxy groups -OCH3 is 1. The third-order valence-corrected chi connectivity index (χ3v) is 3.94. The first-order chi connectivity index (χ1) is 7.71. The molecule has 2 heteroatoms. The van der Waals surface area contributed by atoms with Gasteiger partial charge in [-0.05, 0) is 55.9 Å². The van der Waals surface area contributed by atoms with Gasteiger partial charge in [0.05, 0.1) is 18.8 Å². The third kappa shape index (κ3) is 1.44. The summed E-state index contributed by atoms with van der Waals surface area (Å²) in [6.07, 6.45) is 5.09. The Morgan fingerprint density at radius 3 is 3.12 bits per heavy atom. The Bertz CT molecular complexity index is 413. The van der Waals surface area contributed by atoms with Gasteiger partial charge in [-0.3, -0.25) is 0 Å². The molecule has 2 aliphatic rings. The molecule has 2 nitrogen and oxygen atoms in total. The molecule has 2 heterocycles. The molecule has 0 spiro atoms. The van der Waals surface area contributed by atoms with Gasteiger partial charge in [0.2, 0.25) is 0 Å². The maximum absolute atomic E-state index is 6.17. The average molecular weight is 218 g/mol. The summed E-state index contributed by atoms with van der Waals surface area (Å²) in [6.45, 7) is 2.23. The summed E-state index contributed by atoms with van der Waals surface area (Å²) in [4.78, 5) is 0. The maximum atomic E-state index is 6.17. The number of fused-ring (bicyclic) bond motifs is 4. The lowest BCUT2D eigenvalue weighted by Gasteiger charge is -2.44. The van der Waals surface area contributed by atoms with Crippen molar-refractivity contribution in [3.05, 3.63) is 29.3 Å². The third-order valence-electron chi connectivity index (χ3n) is 3.94. The van der Waals surface area contributed by atoms with Crippen molar-refractivity contribution in [3.63, 3.8) is 0 Å². The molecule has 86 valence electrons. The standard InChI is InChI=1S/C14H18O2/c1-14-7-3-4-12(16-14)9-10-8-11(15-2)5-6-13(10)14/h5-6,8,12H,3-4,7,9H2,1-2H3/t12-,14+/m1/s1. The quantitative estimate of drug-likeness (QED) is 0.721. The Morgan fingerprint density at radius 1 is 1.44 bits per heavy atom. The molecule has 0 N–H and O–H groups in total. The molecule has 1 aromatic rings. The fraction of sp³-hybridized carbons (Fsp3) is 0.571. The van der Waals surface area contributed by atoms with Crippen molar-refractivity contribution < 1.29 is 9.47 Å². The van der Waals surface area contributed by atoms with Crippen LogP contribution in [0.25, 0.3) is 0 Å². The molecule has 1 fully saturated rings. The van der Waals surface area contributed by atoms with Gasteiger partial charge in [-0.2, -0.15) is 0 Å². The zero-order valence-electron chi connectivity index (χ0n) is 9.95. The van der Waals surface area contributed by atoms with Gasteiger partial charge in [0, 0.05) is 0 Å². The van der Waals surface area contributed by atoms with E-state index in [2.05, 4.69) is 19.1 Å². The molecule has 1 aromatic carbocycles. The van der Waals surface area contributed by atoms with Crippen LogP contribution in [0.4, 0.5) is 0 Å². The zero-order chi connectivity index (χ0) is 11.2. The van der Waals surface area contributed by atoms with Crippen molar-refractivity contribution in [3.8, 4) is 5.75 Å². The number of hydrogen-bond donors (Lipinski definition) is 0. The van der Waals surface area contributed by atoms with Crippen LogP contribution >= 0.6 is 0 Å². The predicted molar refractivity (Wildman–Crippen MR) is 62.8 cm³/mol. The molecule has 1 saturated heterocycles. The largest absolute Gasteiger partial charge is 0.497 e. The molecule has 16 heavy (non-hydrogen) atoms. The Morgan fingerprint density at radius 2 is 2.31 bits per heavy atom. The van der Waals surface area contributed by atoms with Crippen LogP contribution < -0.4 is 4.74 Å². The topological polar surface area (TPSA) is 18.5 Å². The summed E-state index contributed by atoms with van der Waals surface area (Å²) in [5.41, 5.74) is 2.73. The molecule has 3 rings (SSSR count). The lowest BCUT2D eigenvalue weighted by Crippen LogP contribution is -2.41. The summed E-state index contributed by atoms with van der Waals surface area (Å²) >= 11 is 0. The van der Waals surface area contributed by atoms with Crippen molar-refractivity contribution in [1.29, 1.82) is 0 Å². The second-order valence-electron chi connectivity index (χ2n) is 5.09. The summed E-state index contributed by atoms with van der Waals surface area (Å²) in [7, 11) is 1.73. The molecule has 0 radical (unpaired) electrons. The van der Waals surface area contributed by atoms with E-state index >= 15 is 0 Å². The molecule has 2 atom stereocenters. The molecule has 0 aromatic heterocycles. The SMILES string of the molecule is COc1ccc2c(c1)C[C@H]1CCC[C@]2(C)O1. The minimum atomic E-state index is -0.0528. The molecule has 0 unspecified atom stereocenters. The summed E-state index contributed by atoms with van der Waals surface area (Å²) in [5, 5.41) is 0. The zero-order valence-corrected chi connectivity index (χ0v) is 9.95. The first-order valence-electron chi connectivity index (χ1n) is 6.06. The van der Waals surface area contributed by atoms with Crippen molar-refractivity contribution >= 4 is 0 Å². The van der Waals surface area contributed by atoms with E-state index in [0.717, 1.165) is 18.6 Å². The van der Waals surface area contributed by atoms with E-state index in [1.54, 1.807) is 7.11 Å². The van der Waals surface area contributed by atoms with Crippen LogP contribution in [0.2, 0.25) is 0 Å². The highest BCUT2D eigenvalue weighted by Crippen LogP contribution is 2.44. The number of benzene rings is 1. The van der Waals surface area contributed by atoms with Crippen molar-refractivity contribution in [2.75, 3.05) is 7.11 Å². The van der Waals surface area contributed by atoms with E-state index in [1.165, 1.54) is 24.0 Å². The van der Waals surface area contributed by atoms with Crippen molar-refractivity contribution in [1.82, 2.24) is 0 Å². The molecular formula is C14H18O2. The van der Waals surface area contributed by atoms with Gasteiger partial charge in [0.1, 0.15) is 5.75 Å². The van der Waals surface area contributed by atoms with Gasteiger partial charge in [0.25, 0.3) is 0 Å². The summed E-state index contributed by atoms with van der Waals surface area (Å²) in [5.74, 6) is 0.960. The van der Waals surface area contributed by atoms with Crippen LogP contribution in [0, 0.1) is 0 Å². The monoisotopic (exact) mass is 218 g/mol. The van der Waals surface area contributed by atoms with E-state index in [1.807, 2.05) is 6.07 Å². The summed E-state index contributed by atoms with van der Waals surface area (Å²) in [6, 6.07) is 6.40. The molecule has 2 bridgehead atoms. The second-order valence-corrected chi connectivity index (χ2v) is 5.09. The van der Waals surface area contributed by atoms with Gasteiger partial charge in [-0.1, -0.05) is 6.07 Å².